The van der Waals surface area contributed by atoms with Crippen molar-refractivity contribution in [1.29, 1.82) is 0 Å². The number of para-hydroxylation sites is 1. The minimum absolute atomic E-state index is 0.464. The topological polar surface area (TPSA) is 27.1 Å². The zero-order valence-electron chi connectivity index (χ0n) is 11.7. The molecule has 1 aromatic heterocycles. The summed E-state index contributed by atoms with van der Waals surface area (Å²) in [7, 11) is 1.75. The smallest absolute Gasteiger partial charge is 0.124 e. The number of ether oxygens (including phenoxy) is 1. The summed E-state index contributed by atoms with van der Waals surface area (Å²) in [6.07, 6.45) is 3.41. The lowest BCUT2D eigenvalue weighted by molar-refractivity contribution is 0.191. The molecule has 0 aliphatic carbocycles. The van der Waals surface area contributed by atoms with E-state index in [1.54, 1.807) is 7.11 Å². The number of unbranched alkanes of at least 4 members (excludes halogenated alkanes) is 2. The molecule has 19 heavy (non-hydrogen) atoms. The number of methoxy groups -OCH3 is 1. The summed E-state index contributed by atoms with van der Waals surface area (Å²) in [5.41, 5.74) is 3.54. The van der Waals surface area contributed by atoms with E-state index in [0.717, 1.165) is 37.3 Å². The van der Waals surface area contributed by atoms with Crippen LogP contribution in [0.5, 0.6) is 0 Å². The minimum Gasteiger partial charge on any atom is -0.385 e. The van der Waals surface area contributed by atoms with Crippen molar-refractivity contribution in [2.75, 3.05) is 13.7 Å². The highest BCUT2D eigenvalue weighted by Gasteiger charge is 2.11. The molecular weight excluding hydrogens is 260 g/mol. The SMILES string of the molecule is COCCCCCn1c(CCl)nc2cccc(C)c21. The molecular formula is C15H21ClN2O. The molecule has 1 aromatic carbocycles. The molecule has 2 rings (SSSR count). The van der Waals surface area contributed by atoms with Crippen LogP contribution in [0.25, 0.3) is 11.0 Å². The average Bonchev–Trinajstić information content (AvgIpc) is 2.78. The summed E-state index contributed by atoms with van der Waals surface area (Å²) in [5, 5.41) is 0. The molecule has 0 saturated heterocycles. The van der Waals surface area contributed by atoms with E-state index < -0.39 is 0 Å². The van der Waals surface area contributed by atoms with Crippen LogP contribution in [0.3, 0.4) is 0 Å². The van der Waals surface area contributed by atoms with Crippen LogP contribution in [-0.2, 0) is 17.2 Å². The van der Waals surface area contributed by atoms with E-state index in [9.17, 15) is 0 Å². The molecule has 2 aromatic rings. The van der Waals surface area contributed by atoms with Crippen molar-refractivity contribution in [3.05, 3.63) is 29.6 Å². The van der Waals surface area contributed by atoms with Crippen LogP contribution in [0.4, 0.5) is 0 Å². The zero-order valence-corrected chi connectivity index (χ0v) is 12.4. The van der Waals surface area contributed by atoms with Gasteiger partial charge in [0.05, 0.1) is 16.9 Å². The van der Waals surface area contributed by atoms with E-state index in [1.807, 2.05) is 6.07 Å². The fraction of sp³-hybridized carbons (Fsp3) is 0.533. The number of aryl methyl sites for hydroxylation is 2. The van der Waals surface area contributed by atoms with Crippen LogP contribution in [0, 0.1) is 6.92 Å². The molecule has 104 valence electrons. The van der Waals surface area contributed by atoms with Gasteiger partial charge in [-0.05, 0) is 37.8 Å². The molecule has 0 aliphatic rings. The molecule has 1 heterocycles. The molecule has 0 unspecified atom stereocenters. The van der Waals surface area contributed by atoms with Gasteiger partial charge >= 0.3 is 0 Å². The summed E-state index contributed by atoms with van der Waals surface area (Å²) < 4.78 is 7.34. The molecule has 0 N–H and O–H groups in total. The maximum atomic E-state index is 6.02. The first-order valence-electron chi connectivity index (χ1n) is 6.77. The second-order valence-electron chi connectivity index (χ2n) is 4.81. The third-order valence-corrected chi connectivity index (χ3v) is 3.64. The predicted molar refractivity (Wildman–Crippen MR) is 79.8 cm³/mol. The first-order valence-corrected chi connectivity index (χ1v) is 7.31. The summed E-state index contributed by atoms with van der Waals surface area (Å²) >= 11 is 6.02. The number of imidazole rings is 1. The number of benzene rings is 1. The van der Waals surface area contributed by atoms with Gasteiger partial charge in [-0.15, -0.1) is 11.6 Å². The lowest BCUT2D eigenvalue weighted by Gasteiger charge is -2.09. The van der Waals surface area contributed by atoms with Crippen LogP contribution in [0.1, 0.15) is 30.7 Å². The highest BCUT2D eigenvalue weighted by Crippen LogP contribution is 2.21. The Kier molecular flexibility index (Phi) is 5.23. The highest BCUT2D eigenvalue weighted by molar-refractivity contribution is 6.16. The maximum Gasteiger partial charge on any atom is 0.124 e. The molecule has 0 fully saturated rings. The van der Waals surface area contributed by atoms with Gasteiger partial charge in [0.15, 0.2) is 0 Å². The molecule has 0 amide bonds. The number of alkyl halides is 1. The van der Waals surface area contributed by atoms with Gasteiger partial charge in [-0.25, -0.2) is 4.98 Å². The van der Waals surface area contributed by atoms with Crippen molar-refractivity contribution >= 4 is 22.6 Å². The number of nitrogens with zero attached hydrogens (tertiary/aromatic N) is 2. The second-order valence-corrected chi connectivity index (χ2v) is 5.08. The van der Waals surface area contributed by atoms with E-state index in [1.165, 1.54) is 17.5 Å². The fourth-order valence-electron chi connectivity index (χ4n) is 2.45. The van der Waals surface area contributed by atoms with Gasteiger partial charge in [0.2, 0.25) is 0 Å². The number of hydrogen-bond donors (Lipinski definition) is 0. The molecule has 0 bridgehead atoms. The number of halogens is 1. The lowest BCUT2D eigenvalue weighted by atomic mass is 10.2. The van der Waals surface area contributed by atoms with Gasteiger partial charge in [0, 0.05) is 20.3 Å². The average molecular weight is 281 g/mol. The number of aromatic nitrogens is 2. The van der Waals surface area contributed by atoms with Crippen molar-refractivity contribution < 1.29 is 4.74 Å². The van der Waals surface area contributed by atoms with Crippen molar-refractivity contribution in [1.82, 2.24) is 9.55 Å². The Morgan fingerprint density at radius 2 is 2.11 bits per heavy atom. The second kappa shape index (κ2) is 6.92. The van der Waals surface area contributed by atoms with Crippen LogP contribution in [-0.4, -0.2) is 23.3 Å². The summed E-state index contributed by atoms with van der Waals surface area (Å²) in [4.78, 5) is 4.61. The molecule has 0 radical (unpaired) electrons. The Balaban J connectivity index is 2.15. The van der Waals surface area contributed by atoms with Gasteiger partial charge in [-0.2, -0.15) is 0 Å². The zero-order chi connectivity index (χ0) is 13.7. The standard InChI is InChI=1S/C15H21ClN2O/c1-12-7-6-8-13-15(12)18(14(11-16)17-13)9-4-3-5-10-19-2/h6-8H,3-5,9-11H2,1-2H3. The van der Waals surface area contributed by atoms with Gasteiger partial charge in [-0.3, -0.25) is 0 Å². The molecule has 0 aliphatic heterocycles. The van der Waals surface area contributed by atoms with E-state index in [0.29, 0.717) is 5.88 Å². The van der Waals surface area contributed by atoms with E-state index in [-0.39, 0.29) is 0 Å². The number of hydrogen-bond acceptors (Lipinski definition) is 2. The first-order chi connectivity index (χ1) is 9.27. The van der Waals surface area contributed by atoms with Crippen molar-refractivity contribution in [3.8, 4) is 0 Å². The van der Waals surface area contributed by atoms with Crippen LogP contribution >= 0.6 is 11.6 Å². The summed E-state index contributed by atoms with van der Waals surface area (Å²) in [6, 6.07) is 6.23. The van der Waals surface area contributed by atoms with E-state index in [4.69, 9.17) is 16.3 Å². The first kappa shape index (κ1) is 14.4. The van der Waals surface area contributed by atoms with Crippen molar-refractivity contribution in [2.24, 2.45) is 0 Å². The Hall–Kier alpha value is -1.06. The lowest BCUT2D eigenvalue weighted by Crippen LogP contribution is -2.04. The van der Waals surface area contributed by atoms with Crippen molar-refractivity contribution in [2.45, 2.75) is 38.6 Å². The minimum atomic E-state index is 0.464. The van der Waals surface area contributed by atoms with Crippen LogP contribution < -0.4 is 0 Å². The summed E-state index contributed by atoms with van der Waals surface area (Å²) in [6.45, 7) is 3.95. The molecule has 0 spiro atoms. The predicted octanol–water partition coefficient (Wildman–Crippen LogP) is 3.90. The van der Waals surface area contributed by atoms with E-state index >= 15 is 0 Å². The van der Waals surface area contributed by atoms with Crippen LogP contribution in [0.2, 0.25) is 0 Å². The molecule has 4 heteroatoms. The largest absolute Gasteiger partial charge is 0.385 e. The Morgan fingerprint density at radius 1 is 1.26 bits per heavy atom. The van der Waals surface area contributed by atoms with Gasteiger partial charge in [0.25, 0.3) is 0 Å². The Bertz CT molecular complexity index is 536. The van der Waals surface area contributed by atoms with Gasteiger partial charge < -0.3 is 9.30 Å². The van der Waals surface area contributed by atoms with Gasteiger partial charge in [0.1, 0.15) is 5.82 Å². The van der Waals surface area contributed by atoms with Gasteiger partial charge in [-0.1, -0.05) is 12.1 Å². The maximum absolute atomic E-state index is 6.02. The third kappa shape index (κ3) is 3.28. The Labute approximate surface area is 119 Å². The normalized spacial score (nSPS) is 11.3. The fourth-order valence-corrected chi connectivity index (χ4v) is 2.65. The summed E-state index contributed by atoms with van der Waals surface area (Å²) in [5.74, 6) is 1.43. The molecule has 3 nitrogen and oxygen atoms in total. The monoisotopic (exact) mass is 280 g/mol. The highest BCUT2D eigenvalue weighted by atomic mass is 35.5. The quantitative estimate of drug-likeness (QED) is 0.568. The van der Waals surface area contributed by atoms with Crippen molar-refractivity contribution in [3.63, 3.8) is 0 Å². The number of fused-ring (bicyclic) bond motifs is 1. The third-order valence-electron chi connectivity index (χ3n) is 3.40. The molecule has 0 atom stereocenters. The molecule has 0 saturated carbocycles. The van der Waals surface area contributed by atoms with E-state index in [2.05, 4.69) is 28.6 Å². The Morgan fingerprint density at radius 3 is 2.84 bits per heavy atom. The van der Waals surface area contributed by atoms with Crippen LogP contribution in [0.15, 0.2) is 18.2 Å². The number of rotatable bonds is 7.